The number of hydrogen-bond acceptors (Lipinski definition) is 4. The van der Waals surface area contributed by atoms with Crippen LogP contribution in [0.2, 0.25) is 0 Å². The number of rotatable bonds is 3. The van der Waals surface area contributed by atoms with Crippen LogP contribution in [0.5, 0.6) is 0 Å². The van der Waals surface area contributed by atoms with Crippen LogP contribution >= 0.6 is 23.5 Å². The van der Waals surface area contributed by atoms with Crippen molar-refractivity contribution in [2.45, 2.75) is 68.7 Å². The number of carbonyl (C=O) groups excluding carboxylic acids is 1. The number of ketones is 1. The number of allylic oxidation sites excluding steroid dienone is 4. The molecule has 4 aliphatic rings. The summed E-state index contributed by atoms with van der Waals surface area (Å²) in [7, 11) is 0. The third kappa shape index (κ3) is 2.34. The molecule has 27 heavy (non-hydrogen) atoms. The second kappa shape index (κ2) is 6.37. The summed E-state index contributed by atoms with van der Waals surface area (Å²) >= 11 is 3.90. The Kier molecular flexibility index (Phi) is 4.72. The van der Waals surface area contributed by atoms with Gasteiger partial charge in [-0.1, -0.05) is 25.5 Å². The van der Waals surface area contributed by atoms with Gasteiger partial charge in [-0.15, -0.1) is 23.5 Å². The summed E-state index contributed by atoms with van der Waals surface area (Å²) in [5.41, 5.74) is -1.76. The average Bonchev–Trinajstić information content (AvgIpc) is 2.90. The van der Waals surface area contributed by atoms with E-state index in [9.17, 15) is 9.90 Å². The number of aliphatic hydroxyl groups is 1. The first-order chi connectivity index (χ1) is 12.7. The molecule has 3 fully saturated rings. The highest BCUT2D eigenvalue weighted by Crippen LogP contribution is 2.73. The zero-order valence-electron chi connectivity index (χ0n) is 16.8. The highest BCUT2D eigenvalue weighted by molar-refractivity contribution is 8.18. The number of hydrogen-bond donors (Lipinski definition) is 1. The first kappa shape index (κ1) is 20.0. The molecule has 2 nitrogen and oxygen atoms in total. The number of alkyl halides is 1. The molecular weight excluding hydrogens is 379 g/mol. The lowest BCUT2D eigenvalue weighted by Crippen LogP contribution is -2.67. The van der Waals surface area contributed by atoms with Gasteiger partial charge in [0.05, 0.1) is 10.2 Å². The molecule has 0 radical (unpaired) electrons. The summed E-state index contributed by atoms with van der Waals surface area (Å²) in [4.78, 5) is 11.9. The smallest absolute Gasteiger partial charge is 0.178 e. The van der Waals surface area contributed by atoms with Crippen molar-refractivity contribution in [2.75, 3.05) is 12.0 Å². The minimum Gasteiger partial charge on any atom is -0.390 e. The van der Waals surface area contributed by atoms with Gasteiger partial charge in [0.1, 0.15) is 0 Å². The molecule has 5 heteroatoms. The molecule has 4 aliphatic carbocycles. The molecule has 0 aliphatic heterocycles. The maximum Gasteiger partial charge on any atom is 0.178 e. The molecule has 150 valence electrons. The standard InChI is InChI=1S/C22H31FO2S2/c1-5-27-21(26-4)11-9-16-17-7-6-14-12-15(24)8-10-19(14,2)22(17,23)18(25)13-20(16,21)3/h8,10,12,16-18,25H,5-7,9,11,13H2,1-4H3/t16-,17-,18-,19-,20-,21?,22-/m0/s1. The summed E-state index contributed by atoms with van der Waals surface area (Å²) in [6.07, 6.45) is 10.2. The summed E-state index contributed by atoms with van der Waals surface area (Å²) in [5.74, 6) is 1.11. The van der Waals surface area contributed by atoms with Crippen molar-refractivity contribution in [1.82, 2.24) is 0 Å². The molecule has 7 atom stereocenters. The van der Waals surface area contributed by atoms with Crippen molar-refractivity contribution in [1.29, 1.82) is 0 Å². The van der Waals surface area contributed by atoms with Gasteiger partial charge < -0.3 is 5.11 Å². The Labute approximate surface area is 170 Å². The first-order valence-corrected chi connectivity index (χ1v) is 12.4. The molecule has 1 unspecified atom stereocenters. The SMILES string of the molecule is CCSC1(SC)CC[C@H]2[C@@H]3CCC4=CC(=O)C=C[C@]4(C)[C@@]3(F)[C@@H](O)C[C@@]21C. The lowest BCUT2D eigenvalue weighted by molar-refractivity contribution is -0.189. The van der Waals surface area contributed by atoms with E-state index in [4.69, 9.17) is 0 Å². The number of fused-ring (bicyclic) bond motifs is 5. The van der Waals surface area contributed by atoms with E-state index >= 15 is 4.39 Å². The van der Waals surface area contributed by atoms with Gasteiger partial charge >= 0.3 is 0 Å². The minimum absolute atomic E-state index is 0.0544. The van der Waals surface area contributed by atoms with E-state index in [-0.39, 0.29) is 27.1 Å². The van der Waals surface area contributed by atoms with Crippen LogP contribution in [0.15, 0.2) is 23.8 Å². The van der Waals surface area contributed by atoms with Gasteiger partial charge in [0.2, 0.25) is 0 Å². The van der Waals surface area contributed by atoms with E-state index in [1.807, 2.05) is 30.4 Å². The van der Waals surface area contributed by atoms with Crippen molar-refractivity contribution >= 4 is 29.3 Å². The van der Waals surface area contributed by atoms with Gasteiger partial charge in [-0.25, -0.2) is 4.39 Å². The zero-order valence-corrected chi connectivity index (χ0v) is 18.4. The number of carbonyl (C=O) groups is 1. The molecule has 4 rings (SSSR count). The second-order valence-electron chi connectivity index (χ2n) is 9.19. The van der Waals surface area contributed by atoms with Gasteiger partial charge in [-0.2, -0.15) is 0 Å². The monoisotopic (exact) mass is 410 g/mol. The molecule has 0 heterocycles. The lowest BCUT2D eigenvalue weighted by atomic mass is 9.46. The van der Waals surface area contributed by atoms with Crippen LogP contribution < -0.4 is 0 Å². The van der Waals surface area contributed by atoms with Crippen molar-refractivity contribution in [2.24, 2.45) is 22.7 Å². The number of halogens is 1. The van der Waals surface area contributed by atoms with Gasteiger partial charge in [0.25, 0.3) is 0 Å². The van der Waals surface area contributed by atoms with E-state index in [1.54, 1.807) is 12.2 Å². The number of aliphatic hydroxyl groups excluding tert-OH is 1. The maximum absolute atomic E-state index is 16.9. The van der Waals surface area contributed by atoms with Crippen LogP contribution in [0.25, 0.3) is 0 Å². The van der Waals surface area contributed by atoms with Crippen molar-refractivity contribution < 1.29 is 14.3 Å². The fourth-order valence-electron chi connectivity index (χ4n) is 7.02. The fourth-order valence-corrected chi connectivity index (χ4v) is 10.2. The second-order valence-corrected chi connectivity index (χ2v) is 12.1. The average molecular weight is 411 g/mol. The molecule has 0 bridgehead atoms. The van der Waals surface area contributed by atoms with E-state index in [2.05, 4.69) is 20.1 Å². The molecule has 0 amide bonds. The molecule has 0 aromatic carbocycles. The molecule has 0 spiro atoms. The predicted molar refractivity (Wildman–Crippen MR) is 113 cm³/mol. The summed E-state index contributed by atoms with van der Waals surface area (Å²) in [6, 6.07) is 0. The van der Waals surface area contributed by atoms with Crippen LogP contribution in [-0.4, -0.2) is 38.8 Å². The van der Waals surface area contributed by atoms with E-state index in [0.717, 1.165) is 37.0 Å². The van der Waals surface area contributed by atoms with Crippen LogP contribution in [0.4, 0.5) is 4.39 Å². The molecule has 0 aromatic heterocycles. The van der Waals surface area contributed by atoms with Gasteiger partial charge in [-0.05, 0) is 74.5 Å². The van der Waals surface area contributed by atoms with Crippen molar-refractivity contribution in [3.8, 4) is 0 Å². The van der Waals surface area contributed by atoms with Gasteiger partial charge in [0.15, 0.2) is 11.5 Å². The predicted octanol–water partition coefficient (Wildman–Crippen LogP) is 5.17. The van der Waals surface area contributed by atoms with Crippen LogP contribution in [0.3, 0.4) is 0 Å². The summed E-state index contributed by atoms with van der Waals surface area (Å²) in [5, 5.41) is 11.3. The third-order valence-corrected chi connectivity index (χ3v) is 12.0. The Bertz CT molecular complexity index is 721. The summed E-state index contributed by atoms with van der Waals surface area (Å²) < 4.78 is 17.0. The van der Waals surface area contributed by atoms with Crippen LogP contribution in [0.1, 0.15) is 52.9 Å². The molecule has 0 saturated heterocycles. The molecular formula is C22H31FO2S2. The largest absolute Gasteiger partial charge is 0.390 e. The van der Waals surface area contributed by atoms with E-state index in [1.165, 1.54) is 6.08 Å². The summed E-state index contributed by atoms with van der Waals surface area (Å²) in [6.45, 7) is 6.40. The Hall–Kier alpha value is -0.260. The maximum atomic E-state index is 16.9. The van der Waals surface area contributed by atoms with Crippen LogP contribution in [-0.2, 0) is 4.79 Å². The molecule has 3 saturated carbocycles. The quantitative estimate of drug-likeness (QED) is 0.651. The number of thioether (sulfide) groups is 2. The van der Waals surface area contributed by atoms with Gasteiger partial charge in [0, 0.05) is 11.3 Å². The fraction of sp³-hybridized carbons (Fsp3) is 0.773. The van der Waals surface area contributed by atoms with Crippen LogP contribution in [0, 0.1) is 22.7 Å². The zero-order chi connectivity index (χ0) is 19.7. The first-order valence-electron chi connectivity index (χ1n) is 10.2. The lowest BCUT2D eigenvalue weighted by Gasteiger charge is -2.63. The van der Waals surface area contributed by atoms with E-state index < -0.39 is 17.2 Å². The normalized spacial score (nSPS) is 51.4. The minimum atomic E-state index is -1.69. The third-order valence-electron chi connectivity index (χ3n) is 8.39. The Balaban J connectivity index is 1.80. The molecule has 0 aromatic rings. The highest BCUT2D eigenvalue weighted by Gasteiger charge is 2.72. The van der Waals surface area contributed by atoms with Gasteiger partial charge in [-0.3, -0.25) is 4.79 Å². The van der Waals surface area contributed by atoms with Crippen molar-refractivity contribution in [3.05, 3.63) is 23.8 Å². The highest BCUT2D eigenvalue weighted by atomic mass is 32.2. The molecule has 1 N–H and O–H groups in total. The Morgan fingerprint density at radius 3 is 2.70 bits per heavy atom. The topological polar surface area (TPSA) is 37.3 Å². The van der Waals surface area contributed by atoms with E-state index in [0.29, 0.717) is 6.42 Å². The van der Waals surface area contributed by atoms with Crippen molar-refractivity contribution in [3.63, 3.8) is 0 Å². The Morgan fingerprint density at radius 2 is 2.04 bits per heavy atom. The Morgan fingerprint density at radius 1 is 1.30 bits per heavy atom.